The molecule has 4 aromatic rings. The van der Waals surface area contributed by atoms with E-state index in [1.54, 1.807) is 48.5 Å². The monoisotopic (exact) mass is 388 g/mol. The number of methoxy groups -OCH3 is 2. The highest BCUT2D eigenvalue weighted by atomic mass is 16.5. The summed E-state index contributed by atoms with van der Waals surface area (Å²) in [5.41, 5.74) is -0.0635. The number of carbonyl (C=O) groups excluding carboxylic acids is 2. The Labute approximate surface area is 165 Å². The molecule has 0 N–H and O–H groups in total. The van der Waals surface area contributed by atoms with Crippen LogP contribution in [-0.4, -0.2) is 35.8 Å². The number of aromatic nitrogens is 2. The summed E-state index contributed by atoms with van der Waals surface area (Å²) in [6.07, 6.45) is 1.54. The summed E-state index contributed by atoms with van der Waals surface area (Å²) in [6.45, 7) is 0. The number of fused-ring (bicyclic) bond motifs is 3. The van der Waals surface area contributed by atoms with Crippen LogP contribution in [0.4, 0.5) is 0 Å². The molecule has 0 aliphatic rings. The van der Waals surface area contributed by atoms with Crippen LogP contribution in [0.5, 0.6) is 0 Å². The molecule has 0 bridgehead atoms. The second-order valence-electron chi connectivity index (χ2n) is 6.27. The number of rotatable bonds is 3. The van der Waals surface area contributed by atoms with Crippen molar-refractivity contribution in [3.63, 3.8) is 0 Å². The van der Waals surface area contributed by atoms with Gasteiger partial charge in [0, 0.05) is 10.8 Å². The zero-order valence-electron chi connectivity index (χ0n) is 15.7. The van der Waals surface area contributed by atoms with Crippen molar-refractivity contribution < 1.29 is 19.1 Å². The molecule has 7 nitrogen and oxygen atoms in total. The van der Waals surface area contributed by atoms with Crippen LogP contribution < -0.4 is 5.56 Å². The molecule has 2 aromatic heterocycles. The van der Waals surface area contributed by atoms with Gasteiger partial charge in [-0.25, -0.2) is 9.59 Å². The van der Waals surface area contributed by atoms with Crippen molar-refractivity contribution in [2.45, 2.75) is 0 Å². The summed E-state index contributed by atoms with van der Waals surface area (Å²) in [5.74, 6) is -1.57. The summed E-state index contributed by atoms with van der Waals surface area (Å²) in [5, 5.41) is 5.54. The van der Waals surface area contributed by atoms with Gasteiger partial charge in [-0.2, -0.15) is 9.61 Å². The van der Waals surface area contributed by atoms with Gasteiger partial charge in [0.2, 0.25) is 0 Å². The van der Waals surface area contributed by atoms with Crippen molar-refractivity contribution in [2.24, 2.45) is 0 Å². The van der Waals surface area contributed by atoms with E-state index in [-0.39, 0.29) is 22.2 Å². The second-order valence-corrected chi connectivity index (χ2v) is 6.27. The molecule has 0 unspecified atom stereocenters. The van der Waals surface area contributed by atoms with Crippen LogP contribution in [-0.2, 0) is 9.47 Å². The predicted octanol–water partition coefficient (Wildman–Crippen LogP) is 3.09. The minimum atomic E-state index is -0.809. The van der Waals surface area contributed by atoms with Gasteiger partial charge in [-0.15, -0.1) is 0 Å². The predicted molar refractivity (Wildman–Crippen MR) is 107 cm³/mol. The molecule has 2 heterocycles. The van der Waals surface area contributed by atoms with Gasteiger partial charge in [0.15, 0.2) is 0 Å². The Hall–Kier alpha value is -4.00. The molecule has 0 amide bonds. The third-order valence-corrected chi connectivity index (χ3v) is 4.72. The largest absolute Gasteiger partial charge is 0.465 e. The Morgan fingerprint density at radius 3 is 2.17 bits per heavy atom. The first-order chi connectivity index (χ1) is 14.1. The molecule has 4 rings (SSSR count). The molecule has 29 heavy (non-hydrogen) atoms. The molecule has 0 atom stereocenters. The van der Waals surface area contributed by atoms with Crippen LogP contribution in [0.25, 0.3) is 27.4 Å². The molecule has 7 heteroatoms. The topological polar surface area (TPSA) is 87.0 Å². The number of carbonyl (C=O) groups is 2. The average Bonchev–Trinajstić information content (AvgIpc) is 2.78. The number of nitrogens with zero attached hydrogens (tertiary/aromatic N) is 2. The molecule has 144 valence electrons. The van der Waals surface area contributed by atoms with E-state index in [9.17, 15) is 14.4 Å². The lowest BCUT2D eigenvalue weighted by Gasteiger charge is -2.16. The van der Waals surface area contributed by atoms with Crippen LogP contribution in [0.1, 0.15) is 20.7 Å². The van der Waals surface area contributed by atoms with Crippen LogP contribution >= 0.6 is 0 Å². The van der Waals surface area contributed by atoms with E-state index >= 15 is 0 Å². The first-order valence-electron chi connectivity index (χ1n) is 8.77. The van der Waals surface area contributed by atoms with Crippen LogP contribution in [0.2, 0.25) is 0 Å². The van der Waals surface area contributed by atoms with Crippen molar-refractivity contribution in [3.05, 3.63) is 82.3 Å². The quantitative estimate of drug-likeness (QED) is 0.396. The van der Waals surface area contributed by atoms with E-state index in [1.807, 2.05) is 6.07 Å². The highest BCUT2D eigenvalue weighted by Crippen LogP contribution is 2.30. The zero-order chi connectivity index (χ0) is 20.5. The van der Waals surface area contributed by atoms with Crippen molar-refractivity contribution >= 4 is 28.2 Å². The van der Waals surface area contributed by atoms with E-state index in [1.165, 1.54) is 20.4 Å². The number of esters is 2. The van der Waals surface area contributed by atoms with Crippen LogP contribution in [0.15, 0.2) is 65.6 Å². The third kappa shape index (κ3) is 2.84. The fourth-order valence-corrected chi connectivity index (χ4v) is 3.45. The van der Waals surface area contributed by atoms with Crippen molar-refractivity contribution in [1.82, 2.24) is 9.61 Å². The van der Waals surface area contributed by atoms with E-state index in [0.717, 1.165) is 4.52 Å². The Bertz CT molecular complexity index is 1330. The third-order valence-electron chi connectivity index (χ3n) is 4.72. The number of benzene rings is 2. The molecule has 0 saturated heterocycles. The lowest BCUT2D eigenvalue weighted by Crippen LogP contribution is -2.27. The summed E-state index contributed by atoms with van der Waals surface area (Å²) < 4.78 is 11.0. The Morgan fingerprint density at radius 2 is 1.48 bits per heavy atom. The summed E-state index contributed by atoms with van der Waals surface area (Å²) in [4.78, 5) is 39.0. The fraction of sp³-hybridized carbons (Fsp3) is 0.0909. The van der Waals surface area contributed by atoms with Crippen molar-refractivity contribution in [1.29, 1.82) is 0 Å². The lowest BCUT2D eigenvalue weighted by molar-refractivity contribution is 0.0557. The van der Waals surface area contributed by atoms with E-state index in [2.05, 4.69) is 5.10 Å². The number of ether oxygens (including phenoxy) is 2. The van der Waals surface area contributed by atoms with Crippen molar-refractivity contribution in [3.8, 4) is 11.1 Å². The van der Waals surface area contributed by atoms with Crippen LogP contribution in [0.3, 0.4) is 0 Å². The summed E-state index contributed by atoms with van der Waals surface area (Å²) in [6, 6.07) is 15.8. The Balaban J connectivity index is 2.33. The van der Waals surface area contributed by atoms with Gasteiger partial charge in [0.05, 0.1) is 37.1 Å². The van der Waals surface area contributed by atoms with Crippen LogP contribution in [0, 0.1) is 0 Å². The van der Waals surface area contributed by atoms with Crippen molar-refractivity contribution in [2.75, 3.05) is 14.2 Å². The highest BCUT2D eigenvalue weighted by molar-refractivity contribution is 6.16. The summed E-state index contributed by atoms with van der Waals surface area (Å²) in [7, 11) is 2.41. The van der Waals surface area contributed by atoms with Gasteiger partial charge >= 0.3 is 11.9 Å². The molecular formula is C22H16N2O5. The van der Waals surface area contributed by atoms with Gasteiger partial charge in [0.1, 0.15) is 5.56 Å². The minimum Gasteiger partial charge on any atom is -0.465 e. The Kier molecular flexibility index (Phi) is 4.56. The molecule has 0 saturated carbocycles. The first kappa shape index (κ1) is 18.4. The molecule has 0 radical (unpaired) electrons. The number of pyridine rings is 1. The van der Waals surface area contributed by atoms with Gasteiger partial charge in [-0.05, 0) is 5.56 Å². The van der Waals surface area contributed by atoms with Gasteiger partial charge in [-0.3, -0.25) is 4.79 Å². The fourth-order valence-electron chi connectivity index (χ4n) is 3.45. The SMILES string of the molecule is COC(=O)c1c(-c2ccccc2)c(=O)n2ncc3ccccc3c2c1C(=O)OC. The van der Waals surface area contributed by atoms with Gasteiger partial charge in [0.25, 0.3) is 5.56 Å². The van der Waals surface area contributed by atoms with Gasteiger partial charge in [-0.1, -0.05) is 54.6 Å². The maximum absolute atomic E-state index is 13.4. The number of hydrogen-bond donors (Lipinski definition) is 0. The second kappa shape index (κ2) is 7.20. The normalized spacial score (nSPS) is 10.8. The first-order valence-corrected chi connectivity index (χ1v) is 8.77. The zero-order valence-corrected chi connectivity index (χ0v) is 15.7. The number of hydrogen-bond acceptors (Lipinski definition) is 6. The molecule has 0 aliphatic heterocycles. The minimum absolute atomic E-state index is 0.0260. The highest BCUT2D eigenvalue weighted by Gasteiger charge is 2.30. The standard InChI is InChI=1S/C22H16N2O5/c1-28-21(26)17-16(13-8-4-3-5-9-13)20(25)24-19(18(17)22(27)29-2)15-11-7-6-10-14(15)12-23-24/h3-12H,1-2H3. The lowest BCUT2D eigenvalue weighted by atomic mass is 9.95. The maximum atomic E-state index is 13.4. The summed E-state index contributed by atoms with van der Waals surface area (Å²) >= 11 is 0. The molecule has 0 aliphatic carbocycles. The van der Waals surface area contributed by atoms with E-state index < -0.39 is 17.5 Å². The molecule has 0 fully saturated rings. The smallest absolute Gasteiger partial charge is 0.341 e. The molecular weight excluding hydrogens is 372 g/mol. The van der Waals surface area contributed by atoms with Gasteiger partial charge < -0.3 is 9.47 Å². The van der Waals surface area contributed by atoms with E-state index in [0.29, 0.717) is 16.3 Å². The molecule has 0 spiro atoms. The van der Waals surface area contributed by atoms with E-state index in [4.69, 9.17) is 9.47 Å². The average molecular weight is 388 g/mol. The maximum Gasteiger partial charge on any atom is 0.341 e. The molecule has 2 aromatic carbocycles. The Morgan fingerprint density at radius 1 is 0.862 bits per heavy atom.